The van der Waals surface area contributed by atoms with Crippen LogP contribution in [-0.4, -0.2) is 21.5 Å². The first-order valence-electron chi connectivity index (χ1n) is 11.7. The summed E-state index contributed by atoms with van der Waals surface area (Å²) >= 11 is 3.09. The molecule has 0 saturated heterocycles. The van der Waals surface area contributed by atoms with Crippen LogP contribution in [0.3, 0.4) is 0 Å². The van der Waals surface area contributed by atoms with E-state index in [1.165, 1.54) is 6.07 Å². The molecule has 0 aromatic heterocycles. The van der Waals surface area contributed by atoms with E-state index in [0.29, 0.717) is 16.7 Å². The maximum Gasteiger partial charge on any atom is 0.399 e. The van der Waals surface area contributed by atoms with Gasteiger partial charge in [-0.3, -0.25) is 14.2 Å². The summed E-state index contributed by atoms with van der Waals surface area (Å²) in [5.74, 6) is -1.51. The molecule has 1 unspecified atom stereocenters. The Labute approximate surface area is 228 Å². The fraction of sp³-hybridized carbons (Fsp3) is 0.286. The molecule has 0 heterocycles. The molecular weight excluding hydrogens is 581 g/mol. The van der Waals surface area contributed by atoms with Crippen LogP contribution in [0.5, 0.6) is 0 Å². The van der Waals surface area contributed by atoms with Gasteiger partial charge >= 0.3 is 19.2 Å². The second-order valence-electron chi connectivity index (χ2n) is 9.87. The fourth-order valence-electron chi connectivity index (χ4n) is 3.82. The quantitative estimate of drug-likeness (QED) is 0.154. The molecule has 10 heteroatoms. The summed E-state index contributed by atoms with van der Waals surface area (Å²) in [6.45, 7) is 4.45. The minimum absolute atomic E-state index is 0.0561. The number of rotatable bonds is 9. The van der Waals surface area contributed by atoms with Crippen molar-refractivity contribution in [2.24, 2.45) is 5.41 Å². The second kappa shape index (κ2) is 11.6. The summed E-state index contributed by atoms with van der Waals surface area (Å²) in [5.41, 5.74) is -4.66. The Bertz CT molecular complexity index is 1350. The van der Waals surface area contributed by atoms with Gasteiger partial charge < -0.3 is 14.5 Å². The maximum atomic E-state index is 14.7. The van der Waals surface area contributed by atoms with Crippen LogP contribution in [0, 0.1) is 5.41 Å². The normalized spacial score (nSPS) is 13.2. The van der Waals surface area contributed by atoms with Gasteiger partial charge in [-0.05, 0) is 54.2 Å². The molecule has 1 atom stereocenters. The summed E-state index contributed by atoms with van der Waals surface area (Å²) in [4.78, 5) is 44.7. The lowest BCUT2D eigenvalue weighted by Crippen LogP contribution is -2.24. The molecule has 0 fully saturated rings. The minimum atomic E-state index is -5.87. The highest BCUT2D eigenvalue weighted by atomic mass is 79.9. The van der Waals surface area contributed by atoms with E-state index in [0.717, 1.165) is 6.07 Å². The van der Waals surface area contributed by atoms with E-state index in [2.05, 4.69) is 15.9 Å². The van der Waals surface area contributed by atoms with Gasteiger partial charge in [-0.1, -0.05) is 72.8 Å². The molecule has 0 saturated carbocycles. The van der Waals surface area contributed by atoms with E-state index in [4.69, 9.17) is 4.74 Å². The zero-order valence-corrected chi connectivity index (χ0v) is 23.5. The van der Waals surface area contributed by atoms with Gasteiger partial charge in [0.2, 0.25) is 0 Å². The Morgan fingerprint density at radius 1 is 0.947 bits per heavy atom. The average molecular weight is 609 g/mol. The molecule has 3 aromatic carbocycles. The Balaban J connectivity index is 2.14. The number of carbonyl (C=O) groups excluding carboxylic acids is 2. The lowest BCUT2D eigenvalue weighted by Gasteiger charge is -2.25. The predicted molar refractivity (Wildman–Crippen MR) is 143 cm³/mol. The van der Waals surface area contributed by atoms with Crippen molar-refractivity contribution in [3.05, 3.63) is 105 Å². The number of ketones is 1. The molecule has 202 valence electrons. The standard InChI is InChI=1S/C28H28BrF2O6P/c1-27(2,3)26(33)37-17-22-20(14-15-23(24(22)29)28(30,31)38(34,35)36)16-21(18-10-6-4-7-11-18)25(32)19-12-8-5-9-13-19/h4-15,21H,16-17H2,1-3H3,(H2,34,35,36). The Morgan fingerprint density at radius 3 is 2.03 bits per heavy atom. The molecule has 2 N–H and O–H groups in total. The first-order valence-corrected chi connectivity index (χ1v) is 14.1. The zero-order chi connectivity index (χ0) is 28.3. The summed E-state index contributed by atoms with van der Waals surface area (Å²) in [6.07, 6.45) is 0.0561. The molecule has 38 heavy (non-hydrogen) atoms. The summed E-state index contributed by atoms with van der Waals surface area (Å²) in [7, 11) is -5.87. The average Bonchev–Trinajstić information content (AvgIpc) is 2.85. The Hall–Kier alpha value is -2.71. The van der Waals surface area contributed by atoms with Crippen LogP contribution in [0.4, 0.5) is 8.78 Å². The largest absolute Gasteiger partial charge is 0.460 e. The van der Waals surface area contributed by atoms with Gasteiger partial charge in [-0.25, -0.2) is 0 Å². The highest BCUT2D eigenvalue weighted by molar-refractivity contribution is 9.10. The van der Waals surface area contributed by atoms with Gasteiger partial charge in [0.15, 0.2) is 5.78 Å². The number of hydrogen-bond acceptors (Lipinski definition) is 4. The lowest BCUT2D eigenvalue weighted by atomic mass is 9.84. The number of hydrogen-bond donors (Lipinski definition) is 2. The minimum Gasteiger partial charge on any atom is -0.460 e. The third-order valence-corrected chi connectivity index (χ3v) is 7.87. The highest BCUT2D eigenvalue weighted by Crippen LogP contribution is 2.60. The van der Waals surface area contributed by atoms with Gasteiger partial charge in [0, 0.05) is 21.2 Å². The molecule has 0 aliphatic rings. The molecule has 3 rings (SSSR count). The van der Waals surface area contributed by atoms with E-state index >= 15 is 0 Å². The Kier molecular flexibility index (Phi) is 9.09. The Morgan fingerprint density at radius 2 is 1.50 bits per heavy atom. The van der Waals surface area contributed by atoms with Crippen molar-refractivity contribution < 1.29 is 37.5 Å². The van der Waals surface area contributed by atoms with Crippen LogP contribution >= 0.6 is 23.5 Å². The molecule has 0 bridgehead atoms. The van der Waals surface area contributed by atoms with E-state index < -0.39 is 42.7 Å². The molecule has 3 aromatic rings. The van der Waals surface area contributed by atoms with Gasteiger partial charge in [0.05, 0.1) is 11.3 Å². The molecule has 0 radical (unpaired) electrons. The highest BCUT2D eigenvalue weighted by Gasteiger charge is 2.52. The van der Waals surface area contributed by atoms with Crippen molar-refractivity contribution in [1.82, 2.24) is 0 Å². The van der Waals surface area contributed by atoms with Crippen molar-refractivity contribution in [3.8, 4) is 0 Å². The fourth-order valence-corrected chi connectivity index (χ4v) is 5.23. The monoisotopic (exact) mass is 608 g/mol. The number of halogens is 3. The van der Waals surface area contributed by atoms with E-state index in [9.17, 15) is 32.7 Å². The van der Waals surface area contributed by atoms with Crippen LogP contribution in [-0.2, 0) is 32.8 Å². The maximum absolute atomic E-state index is 14.7. The summed E-state index contributed by atoms with van der Waals surface area (Å²) < 4.78 is 46.2. The molecule has 0 aliphatic carbocycles. The number of esters is 1. The lowest BCUT2D eigenvalue weighted by molar-refractivity contribution is -0.154. The van der Waals surface area contributed by atoms with Crippen LogP contribution < -0.4 is 0 Å². The molecule has 0 spiro atoms. The first kappa shape index (κ1) is 29.8. The molecular formula is C28H28BrF2O6P. The van der Waals surface area contributed by atoms with Crippen LogP contribution in [0.1, 0.15) is 59.3 Å². The molecule has 0 aliphatic heterocycles. The van der Waals surface area contributed by atoms with Crippen molar-refractivity contribution in [2.75, 3.05) is 0 Å². The van der Waals surface area contributed by atoms with Gasteiger partial charge in [0.25, 0.3) is 0 Å². The van der Waals surface area contributed by atoms with E-state index in [-0.39, 0.29) is 22.2 Å². The van der Waals surface area contributed by atoms with E-state index in [1.54, 1.807) is 81.4 Å². The third-order valence-electron chi connectivity index (χ3n) is 5.99. The zero-order valence-electron chi connectivity index (χ0n) is 21.0. The van der Waals surface area contributed by atoms with Crippen LogP contribution in [0.15, 0.2) is 77.3 Å². The summed E-state index contributed by atoms with van der Waals surface area (Å²) in [6, 6.07) is 19.8. The third kappa shape index (κ3) is 6.64. The van der Waals surface area contributed by atoms with Crippen LogP contribution in [0.25, 0.3) is 0 Å². The van der Waals surface area contributed by atoms with Crippen LogP contribution in [0.2, 0.25) is 0 Å². The number of benzene rings is 3. The predicted octanol–water partition coefficient (Wildman–Crippen LogP) is 6.97. The SMILES string of the molecule is CC(C)(C)C(=O)OCc1c(CC(C(=O)c2ccccc2)c2ccccc2)ccc(C(F)(F)P(=O)(O)O)c1Br. The van der Waals surface area contributed by atoms with Crippen molar-refractivity contribution in [3.63, 3.8) is 0 Å². The van der Waals surface area contributed by atoms with Crippen molar-refractivity contribution >= 4 is 35.3 Å². The van der Waals surface area contributed by atoms with Gasteiger partial charge in [-0.15, -0.1) is 0 Å². The number of Topliss-reactive ketones (excluding diaryl/α,β-unsaturated/α-hetero) is 1. The van der Waals surface area contributed by atoms with E-state index in [1.807, 2.05) is 0 Å². The molecule has 0 amide bonds. The summed E-state index contributed by atoms with van der Waals surface area (Å²) in [5, 5.41) is 0. The first-order chi connectivity index (χ1) is 17.6. The van der Waals surface area contributed by atoms with Gasteiger partial charge in [-0.2, -0.15) is 8.78 Å². The number of ether oxygens (including phenoxy) is 1. The smallest absolute Gasteiger partial charge is 0.399 e. The van der Waals surface area contributed by atoms with Crippen molar-refractivity contribution in [1.29, 1.82) is 0 Å². The topological polar surface area (TPSA) is 101 Å². The molecule has 6 nitrogen and oxygen atoms in total. The number of carbonyl (C=O) groups is 2. The van der Waals surface area contributed by atoms with Gasteiger partial charge in [0.1, 0.15) is 6.61 Å². The van der Waals surface area contributed by atoms with Crippen molar-refractivity contribution in [2.45, 2.75) is 45.4 Å². The second-order valence-corrected chi connectivity index (χ2v) is 12.3. The number of alkyl halides is 2.